The fraction of sp³-hybridized carbons (Fsp3) is 0.300. The highest BCUT2D eigenvalue weighted by molar-refractivity contribution is 7.98. The van der Waals surface area contributed by atoms with Crippen LogP contribution in [0.1, 0.15) is 17.2 Å². The summed E-state index contributed by atoms with van der Waals surface area (Å²) in [4.78, 5) is 12.0. The second-order valence-corrected chi connectivity index (χ2v) is 4.03. The summed E-state index contributed by atoms with van der Waals surface area (Å²) in [5.74, 6) is -0.801. The molecule has 0 bridgehead atoms. The van der Waals surface area contributed by atoms with Crippen LogP contribution < -0.4 is 5.32 Å². The van der Waals surface area contributed by atoms with Gasteiger partial charge in [-0.25, -0.2) is 0 Å². The van der Waals surface area contributed by atoms with Crippen LogP contribution in [0.15, 0.2) is 23.1 Å². The van der Waals surface area contributed by atoms with Gasteiger partial charge in [0.25, 0.3) is 0 Å². The molecule has 1 atom stereocenters. The zero-order chi connectivity index (χ0) is 10.1. The third-order valence-electron chi connectivity index (χ3n) is 2.41. The number of benzene rings is 1. The van der Waals surface area contributed by atoms with E-state index in [0.29, 0.717) is 6.54 Å². The molecule has 1 aliphatic rings. The van der Waals surface area contributed by atoms with Crippen LogP contribution in [0.25, 0.3) is 0 Å². The van der Waals surface area contributed by atoms with Crippen molar-refractivity contribution in [2.24, 2.45) is 0 Å². The summed E-state index contributed by atoms with van der Waals surface area (Å²) >= 11 is 1.59. The van der Waals surface area contributed by atoms with Gasteiger partial charge >= 0.3 is 5.97 Å². The number of fused-ring (bicyclic) bond motifs is 1. The molecule has 0 aliphatic carbocycles. The standard InChI is InChI=1S/C10H11NO2S/c1-14-7-4-2-3-6-5-11-9(8(6)7)10(12)13/h2-4,9,11H,5H2,1H3,(H,12,13)/t9-/m0/s1. The van der Waals surface area contributed by atoms with Crippen molar-refractivity contribution in [3.63, 3.8) is 0 Å². The average molecular weight is 209 g/mol. The van der Waals surface area contributed by atoms with Gasteiger partial charge in [0.15, 0.2) is 0 Å². The monoisotopic (exact) mass is 209 g/mol. The molecule has 14 heavy (non-hydrogen) atoms. The number of nitrogens with one attached hydrogen (secondary N) is 1. The number of carboxylic acids is 1. The molecule has 4 heteroatoms. The largest absolute Gasteiger partial charge is 0.480 e. The van der Waals surface area contributed by atoms with Gasteiger partial charge in [-0.3, -0.25) is 10.1 Å². The molecular formula is C10H11NO2S. The number of hydrogen-bond acceptors (Lipinski definition) is 3. The van der Waals surface area contributed by atoms with Crippen LogP contribution in [0.5, 0.6) is 0 Å². The van der Waals surface area contributed by atoms with Crippen LogP contribution in [0.4, 0.5) is 0 Å². The lowest BCUT2D eigenvalue weighted by atomic mass is 10.1. The number of aliphatic carboxylic acids is 1. The fourth-order valence-electron chi connectivity index (χ4n) is 1.77. The van der Waals surface area contributed by atoms with E-state index >= 15 is 0 Å². The van der Waals surface area contributed by atoms with E-state index in [4.69, 9.17) is 5.11 Å². The summed E-state index contributed by atoms with van der Waals surface area (Å²) in [6, 6.07) is 5.38. The van der Waals surface area contributed by atoms with Crippen LogP contribution in [0, 0.1) is 0 Å². The first kappa shape index (κ1) is 9.55. The Balaban J connectivity index is 2.50. The van der Waals surface area contributed by atoms with Crippen molar-refractivity contribution in [1.29, 1.82) is 0 Å². The van der Waals surface area contributed by atoms with Crippen molar-refractivity contribution in [1.82, 2.24) is 5.32 Å². The van der Waals surface area contributed by atoms with Crippen LogP contribution in [-0.2, 0) is 11.3 Å². The van der Waals surface area contributed by atoms with Gasteiger partial charge < -0.3 is 5.11 Å². The van der Waals surface area contributed by atoms with Gasteiger partial charge in [0.2, 0.25) is 0 Å². The van der Waals surface area contributed by atoms with E-state index in [1.165, 1.54) is 0 Å². The van der Waals surface area contributed by atoms with Crippen molar-refractivity contribution >= 4 is 17.7 Å². The molecule has 74 valence electrons. The maximum atomic E-state index is 11.0. The van der Waals surface area contributed by atoms with E-state index in [2.05, 4.69) is 5.32 Å². The van der Waals surface area contributed by atoms with Crippen LogP contribution in [0.2, 0.25) is 0 Å². The molecule has 0 unspecified atom stereocenters. The first-order valence-corrected chi connectivity index (χ1v) is 5.58. The summed E-state index contributed by atoms with van der Waals surface area (Å²) in [5.41, 5.74) is 2.04. The lowest BCUT2D eigenvalue weighted by molar-refractivity contribution is -0.139. The third-order valence-corrected chi connectivity index (χ3v) is 3.20. The second-order valence-electron chi connectivity index (χ2n) is 3.19. The highest BCUT2D eigenvalue weighted by atomic mass is 32.2. The number of rotatable bonds is 2. The lowest BCUT2D eigenvalue weighted by Crippen LogP contribution is -2.21. The molecular weight excluding hydrogens is 198 g/mol. The summed E-state index contributed by atoms with van der Waals surface area (Å²) in [5, 5.41) is 12.0. The molecule has 2 N–H and O–H groups in total. The Labute approximate surface area is 86.5 Å². The van der Waals surface area contributed by atoms with E-state index < -0.39 is 12.0 Å². The zero-order valence-corrected chi connectivity index (χ0v) is 8.60. The van der Waals surface area contributed by atoms with Gasteiger partial charge in [0.1, 0.15) is 6.04 Å². The number of thioether (sulfide) groups is 1. The molecule has 0 aromatic heterocycles. The molecule has 0 fully saturated rings. The maximum absolute atomic E-state index is 11.0. The Kier molecular flexibility index (Phi) is 2.48. The molecule has 1 heterocycles. The van der Waals surface area contributed by atoms with Crippen LogP contribution >= 0.6 is 11.8 Å². The Hall–Kier alpha value is -1.00. The minimum absolute atomic E-state index is 0.534. The quantitative estimate of drug-likeness (QED) is 0.727. The molecule has 2 rings (SSSR count). The zero-order valence-electron chi connectivity index (χ0n) is 7.78. The predicted molar refractivity (Wildman–Crippen MR) is 55.4 cm³/mol. The normalized spacial score (nSPS) is 19.4. The summed E-state index contributed by atoms with van der Waals surface area (Å²) < 4.78 is 0. The minimum Gasteiger partial charge on any atom is -0.480 e. The lowest BCUT2D eigenvalue weighted by Gasteiger charge is -2.09. The highest BCUT2D eigenvalue weighted by Crippen LogP contribution is 2.33. The molecule has 1 aromatic carbocycles. The molecule has 1 aliphatic heterocycles. The van der Waals surface area contributed by atoms with E-state index in [-0.39, 0.29) is 0 Å². The SMILES string of the molecule is CSc1cccc2c1[C@@H](C(=O)O)NC2. The average Bonchev–Trinajstić information content (AvgIpc) is 2.60. The van der Waals surface area contributed by atoms with Gasteiger partial charge in [-0.05, 0) is 23.4 Å². The van der Waals surface area contributed by atoms with Crippen molar-refractivity contribution in [3.8, 4) is 0 Å². The molecule has 0 saturated heterocycles. The Morgan fingerprint density at radius 2 is 2.43 bits per heavy atom. The van der Waals surface area contributed by atoms with Gasteiger partial charge in [0.05, 0.1) is 0 Å². The predicted octanol–water partition coefficient (Wildman–Crippen LogP) is 1.64. The Morgan fingerprint density at radius 1 is 1.64 bits per heavy atom. The topological polar surface area (TPSA) is 49.3 Å². The van der Waals surface area contributed by atoms with Crippen molar-refractivity contribution in [3.05, 3.63) is 29.3 Å². The Bertz CT molecular complexity index is 378. The van der Waals surface area contributed by atoms with Crippen LogP contribution in [0.3, 0.4) is 0 Å². The fourth-order valence-corrected chi connectivity index (χ4v) is 2.46. The van der Waals surface area contributed by atoms with E-state index in [0.717, 1.165) is 16.0 Å². The third kappa shape index (κ3) is 1.40. The minimum atomic E-state index is -0.801. The number of hydrogen-bond donors (Lipinski definition) is 2. The molecule has 0 spiro atoms. The maximum Gasteiger partial charge on any atom is 0.325 e. The molecule has 0 saturated carbocycles. The Morgan fingerprint density at radius 3 is 3.07 bits per heavy atom. The van der Waals surface area contributed by atoms with Gasteiger partial charge in [0, 0.05) is 11.4 Å². The van der Waals surface area contributed by atoms with Crippen LogP contribution in [-0.4, -0.2) is 17.3 Å². The molecule has 3 nitrogen and oxygen atoms in total. The first-order valence-electron chi connectivity index (χ1n) is 4.36. The molecule has 1 aromatic rings. The summed E-state index contributed by atoms with van der Waals surface area (Å²) in [7, 11) is 0. The van der Waals surface area contributed by atoms with Gasteiger partial charge in [-0.2, -0.15) is 0 Å². The smallest absolute Gasteiger partial charge is 0.325 e. The first-order chi connectivity index (χ1) is 6.74. The van der Waals surface area contributed by atoms with E-state index in [1.54, 1.807) is 11.8 Å². The van der Waals surface area contributed by atoms with Crippen molar-refractivity contribution in [2.75, 3.05) is 6.26 Å². The highest BCUT2D eigenvalue weighted by Gasteiger charge is 2.29. The summed E-state index contributed by atoms with van der Waals surface area (Å²) in [6.45, 7) is 0.653. The van der Waals surface area contributed by atoms with E-state index in [1.807, 2.05) is 24.5 Å². The van der Waals surface area contributed by atoms with Crippen molar-refractivity contribution < 1.29 is 9.90 Å². The van der Waals surface area contributed by atoms with Crippen molar-refractivity contribution in [2.45, 2.75) is 17.5 Å². The molecule has 0 radical (unpaired) electrons. The summed E-state index contributed by atoms with van der Waals surface area (Å²) in [6.07, 6.45) is 1.97. The van der Waals surface area contributed by atoms with E-state index in [9.17, 15) is 4.79 Å². The second kappa shape index (κ2) is 3.63. The number of carbonyl (C=O) groups is 1. The van der Waals surface area contributed by atoms with Gasteiger partial charge in [-0.1, -0.05) is 12.1 Å². The van der Waals surface area contributed by atoms with Gasteiger partial charge in [-0.15, -0.1) is 11.8 Å². The number of carboxylic acid groups (broad SMARTS) is 1. The molecule has 0 amide bonds.